The van der Waals surface area contributed by atoms with E-state index >= 15 is 0 Å². The molecule has 7 nitrogen and oxygen atoms in total. The van der Waals surface area contributed by atoms with Crippen LogP contribution in [0.4, 0.5) is 11.5 Å². The summed E-state index contributed by atoms with van der Waals surface area (Å²) in [6, 6.07) is 6.23. The Hall–Kier alpha value is -2.70. The fraction of sp³-hybridized carbons (Fsp3) is 0.286. The highest BCUT2D eigenvalue weighted by molar-refractivity contribution is 5.50. The summed E-state index contributed by atoms with van der Waals surface area (Å²) in [4.78, 5) is 19.0. The fourth-order valence-corrected chi connectivity index (χ4v) is 2.01. The quantitative estimate of drug-likeness (QED) is 0.684. The number of aromatic nitrogens is 2. The van der Waals surface area contributed by atoms with Crippen LogP contribution in [-0.2, 0) is 0 Å². The van der Waals surface area contributed by atoms with E-state index in [4.69, 9.17) is 10.5 Å². The molecule has 1 aromatic heterocycles. The van der Waals surface area contributed by atoms with Crippen molar-refractivity contribution in [2.75, 3.05) is 5.73 Å². The van der Waals surface area contributed by atoms with Crippen LogP contribution >= 0.6 is 0 Å². The number of rotatable bonds is 4. The summed E-state index contributed by atoms with van der Waals surface area (Å²) in [6.07, 6.45) is 2.07. The number of nitrogens with zero attached hydrogens (tertiary/aromatic N) is 3. The third-order valence-electron chi connectivity index (χ3n) is 3.21. The first kappa shape index (κ1) is 13.3. The van der Waals surface area contributed by atoms with Crippen molar-refractivity contribution in [3.05, 3.63) is 45.8 Å². The van der Waals surface area contributed by atoms with Gasteiger partial charge in [-0.05, 0) is 31.4 Å². The summed E-state index contributed by atoms with van der Waals surface area (Å²) in [6.45, 7) is 1.78. The Balaban J connectivity index is 1.95. The Morgan fingerprint density at radius 1 is 1.33 bits per heavy atom. The van der Waals surface area contributed by atoms with Crippen LogP contribution in [-0.4, -0.2) is 14.9 Å². The third kappa shape index (κ3) is 2.91. The smallest absolute Gasteiger partial charge is 0.311 e. The van der Waals surface area contributed by atoms with E-state index in [2.05, 4.69) is 9.97 Å². The van der Waals surface area contributed by atoms with E-state index in [1.807, 2.05) is 0 Å². The predicted octanol–water partition coefficient (Wildman–Crippen LogP) is 2.95. The maximum Gasteiger partial charge on any atom is 0.311 e. The number of hydrogen-bond donors (Lipinski definition) is 1. The lowest BCUT2D eigenvalue weighted by atomic mass is 10.2. The summed E-state index contributed by atoms with van der Waals surface area (Å²) in [5, 5.41) is 11.1. The zero-order valence-corrected chi connectivity index (χ0v) is 11.4. The number of nitrogen functional groups attached to an aromatic ring is 1. The zero-order valence-electron chi connectivity index (χ0n) is 11.4. The van der Waals surface area contributed by atoms with Gasteiger partial charge in [-0.15, -0.1) is 0 Å². The Morgan fingerprint density at radius 3 is 2.76 bits per heavy atom. The second kappa shape index (κ2) is 5.01. The summed E-state index contributed by atoms with van der Waals surface area (Å²) in [5.41, 5.74) is 6.43. The van der Waals surface area contributed by atoms with Gasteiger partial charge in [0.25, 0.3) is 0 Å². The van der Waals surface area contributed by atoms with Crippen molar-refractivity contribution < 1.29 is 9.66 Å². The fourth-order valence-electron chi connectivity index (χ4n) is 2.01. The highest BCUT2D eigenvalue weighted by atomic mass is 16.6. The summed E-state index contributed by atoms with van der Waals surface area (Å²) in [7, 11) is 0. The number of benzene rings is 1. The average molecular weight is 286 g/mol. The minimum Gasteiger partial charge on any atom is -0.432 e. The Bertz CT molecular complexity index is 713. The van der Waals surface area contributed by atoms with Gasteiger partial charge in [-0.1, -0.05) is 6.07 Å². The number of ether oxygens (including phenoxy) is 1. The van der Waals surface area contributed by atoms with Crippen LogP contribution in [0.2, 0.25) is 0 Å². The van der Waals surface area contributed by atoms with Crippen LogP contribution in [0.25, 0.3) is 0 Å². The molecule has 108 valence electrons. The molecule has 1 aromatic carbocycles. The van der Waals surface area contributed by atoms with Gasteiger partial charge < -0.3 is 10.5 Å². The first-order valence-electron chi connectivity index (χ1n) is 6.60. The van der Waals surface area contributed by atoms with Crippen molar-refractivity contribution in [1.82, 2.24) is 9.97 Å². The standard InChI is InChI=1S/C14H14N4O3/c1-8-2-5-11(10(6-8)18(19)20)21-13-7-12(15)16-14(17-13)9-3-4-9/h2,5-7,9H,3-4H2,1H3,(H2,15,16,17). The van der Waals surface area contributed by atoms with E-state index in [1.165, 1.54) is 12.1 Å². The van der Waals surface area contributed by atoms with Crippen molar-refractivity contribution in [3.8, 4) is 11.6 Å². The minimum atomic E-state index is -0.477. The molecular formula is C14H14N4O3. The van der Waals surface area contributed by atoms with E-state index in [0.29, 0.717) is 17.6 Å². The molecule has 1 heterocycles. The van der Waals surface area contributed by atoms with Crippen molar-refractivity contribution in [1.29, 1.82) is 0 Å². The summed E-state index contributed by atoms with van der Waals surface area (Å²) in [5.74, 6) is 1.64. The molecule has 0 aliphatic heterocycles. The molecule has 21 heavy (non-hydrogen) atoms. The Labute approximate surface area is 120 Å². The maximum atomic E-state index is 11.1. The van der Waals surface area contributed by atoms with E-state index in [9.17, 15) is 10.1 Å². The SMILES string of the molecule is Cc1ccc(Oc2cc(N)nc(C3CC3)n2)c([N+](=O)[O-])c1. The average Bonchev–Trinajstić information content (AvgIpc) is 3.24. The molecular weight excluding hydrogens is 272 g/mol. The number of nitrogens with two attached hydrogens (primary N) is 1. The molecule has 0 unspecified atom stereocenters. The van der Waals surface area contributed by atoms with Crippen molar-refractivity contribution >= 4 is 11.5 Å². The van der Waals surface area contributed by atoms with Crippen LogP contribution in [0.1, 0.15) is 30.1 Å². The zero-order chi connectivity index (χ0) is 15.0. The Kier molecular flexibility index (Phi) is 3.17. The van der Waals surface area contributed by atoms with Gasteiger partial charge >= 0.3 is 5.69 Å². The molecule has 2 N–H and O–H groups in total. The minimum absolute atomic E-state index is 0.0971. The van der Waals surface area contributed by atoms with E-state index in [1.54, 1.807) is 19.1 Å². The normalized spacial score (nSPS) is 14.0. The topological polar surface area (TPSA) is 104 Å². The lowest BCUT2D eigenvalue weighted by Gasteiger charge is -2.08. The van der Waals surface area contributed by atoms with Gasteiger partial charge in [0, 0.05) is 18.1 Å². The van der Waals surface area contributed by atoms with Gasteiger partial charge in [0.1, 0.15) is 11.6 Å². The first-order chi connectivity index (χ1) is 10.0. The molecule has 1 saturated carbocycles. The van der Waals surface area contributed by atoms with Gasteiger partial charge in [0.15, 0.2) is 0 Å². The molecule has 1 aliphatic carbocycles. The second-order valence-corrected chi connectivity index (χ2v) is 5.09. The molecule has 7 heteroatoms. The number of nitro benzene ring substituents is 1. The predicted molar refractivity (Wildman–Crippen MR) is 76.3 cm³/mol. The summed E-state index contributed by atoms with van der Waals surface area (Å²) >= 11 is 0. The van der Waals surface area contributed by atoms with Crippen LogP contribution in [0, 0.1) is 17.0 Å². The van der Waals surface area contributed by atoms with E-state index in [-0.39, 0.29) is 17.3 Å². The molecule has 0 bridgehead atoms. The first-order valence-corrected chi connectivity index (χ1v) is 6.60. The molecule has 3 rings (SSSR count). The molecule has 0 amide bonds. The number of nitro groups is 1. The molecule has 0 spiro atoms. The molecule has 0 atom stereocenters. The number of hydrogen-bond acceptors (Lipinski definition) is 6. The monoisotopic (exact) mass is 286 g/mol. The van der Waals surface area contributed by atoms with Crippen LogP contribution in [0.15, 0.2) is 24.3 Å². The van der Waals surface area contributed by atoms with E-state index in [0.717, 1.165) is 18.4 Å². The van der Waals surface area contributed by atoms with Gasteiger partial charge in [0.05, 0.1) is 4.92 Å². The van der Waals surface area contributed by atoms with Gasteiger partial charge in [-0.3, -0.25) is 10.1 Å². The highest BCUT2D eigenvalue weighted by Crippen LogP contribution is 2.39. The van der Waals surface area contributed by atoms with Crippen molar-refractivity contribution in [2.24, 2.45) is 0 Å². The molecule has 1 fully saturated rings. The molecule has 0 radical (unpaired) electrons. The molecule has 2 aromatic rings. The lowest BCUT2D eigenvalue weighted by Crippen LogP contribution is -2.01. The lowest BCUT2D eigenvalue weighted by molar-refractivity contribution is -0.385. The molecule has 1 aliphatic rings. The van der Waals surface area contributed by atoms with Gasteiger partial charge in [0.2, 0.25) is 11.6 Å². The van der Waals surface area contributed by atoms with Gasteiger partial charge in [-0.2, -0.15) is 4.98 Å². The molecule has 0 saturated heterocycles. The van der Waals surface area contributed by atoms with Crippen LogP contribution in [0.5, 0.6) is 11.6 Å². The van der Waals surface area contributed by atoms with E-state index < -0.39 is 4.92 Å². The largest absolute Gasteiger partial charge is 0.432 e. The highest BCUT2D eigenvalue weighted by Gasteiger charge is 2.27. The van der Waals surface area contributed by atoms with Crippen LogP contribution < -0.4 is 10.5 Å². The van der Waals surface area contributed by atoms with Crippen molar-refractivity contribution in [2.45, 2.75) is 25.7 Å². The second-order valence-electron chi connectivity index (χ2n) is 5.09. The number of anilines is 1. The summed E-state index contributed by atoms with van der Waals surface area (Å²) < 4.78 is 5.55. The number of aryl methyl sites for hydroxylation is 1. The van der Waals surface area contributed by atoms with Gasteiger partial charge in [-0.25, -0.2) is 4.98 Å². The van der Waals surface area contributed by atoms with Crippen LogP contribution in [0.3, 0.4) is 0 Å². The van der Waals surface area contributed by atoms with Crippen molar-refractivity contribution in [3.63, 3.8) is 0 Å². The third-order valence-corrected chi connectivity index (χ3v) is 3.21. The Morgan fingerprint density at radius 2 is 2.10 bits per heavy atom. The maximum absolute atomic E-state index is 11.1.